The van der Waals surface area contributed by atoms with Crippen molar-refractivity contribution in [3.8, 4) is 16.9 Å². The maximum atomic E-state index is 13.4. The van der Waals surface area contributed by atoms with E-state index in [1.165, 1.54) is 0 Å². The molecule has 202 valence electrons. The Bertz CT molecular complexity index is 1340. The van der Waals surface area contributed by atoms with Gasteiger partial charge in [-0.1, -0.05) is 6.92 Å². The molecule has 8 nitrogen and oxygen atoms in total. The smallest absolute Gasteiger partial charge is 0.253 e. The van der Waals surface area contributed by atoms with Gasteiger partial charge in [-0.3, -0.25) is 9.59 Å². The van der Waals surface area contributed by atoms with E-state index in [4.69, 9.17) is 9.72 Å². The van der Waals surface area contributed by atoms with Gasteiger partial charge in [0.15, 0.2) is 0 Å². The van der Waals surface area contributed by atoms with E-state index in [1.807, 2.05) is 58.2 Å². The number of aryl methyl sites for hydroxylation is 2. The molecule has 1 aliphatic rings. The number of anilines is 1. The second-order valence-electron chi connectivity index (χ2n) is 10.3. The molecule has 1 fully saturated rings. The number of pyridine rings is 2. The molecule has 0 aliphatic carbocycles. The molecule has 3 aromatic rings. The Morgan fingerprint density at radius 1 is 1.11 bits per heavy atom. The SMILES string of the molecule is CCC(C)Oc1cc(-c2ccc(N3CCN(C)CC3)nc2)cc(C(=O)NCc2c(C)cc(C)[nH]c2=O)c1C. The number of piperazine rings is 1. The van der Waals surface area contributed by atoms with Gasteiger partial charge >= 0.3 is 0 Å². The fourth-order valence-corrected chi connectivity index (χ4v) is 4.66. The summed E-state index contributed by atoms with van der Waals surface area (Å²) in [5.74, 6) is 1.39. The Morgan fingerprint density at radius 2 is 1.84 bits per heavy atom. The maximum Gasteiger partial charge on any atom is 0.253 e. The van der Waals surface area contributed by atoms with Crippen LogP contribution in [-0.4, -0.2) is 60.1 Å². The van der Waals surface area contributed by atoms with E-state index < -0.39 is 0 Å². The highest BCUT2D eigenvalue weighted by Gasteiger charge is 2.19. The Morgan fingerprint density at radius 3 is 2.47 bits per heavy atom. The fourth-order valence-electron chi connectivity index (χ4n) is 4.66. The van der Waals surface area contributed by atoms with Crippen molar-refractivity contribution < 1.29 is 9.53 Å². The monoisotopic (exact) mass is 517 g/mol. The standard InChI is InChI=1S/C30H39N5O3/c1-7-21(4)38-27-16-24(23-8-9-28(31-17-23)35-12-10-34(6)11-13-35)15-25(22(27)5)29(36)32-18-26-19(2)14-20(3)33-30(26)37/h8-9,14-17,21H,7,10-13,18H2,1-6H3,(H,32,36)(H,33,37). The zero-order valence-electron chi connectivity index (χ0n) is 23.4. The van der Waals surface area contributed by atoms with E-state index in [0.29, 0.717) is 16.9 Å². The van der Waals surface area contributed by atoms with Crippen LogP contribution in [0, 0.1) is 20.8 Å². The summed E-state index contributed by atoms with van der Waals surface area (Å²) in [7, 11) is 2.14. The van der Waals surface area contributed by atoms with E-state index in [0.717, 1.165) is 66.4 Å². The van der Waals surface area contributed by atoms with Gasteiger partial charge in [0.25, 0.3) is 11.5 Å². The van der Waals surface area contributed by atoms with Gasteiger partial charge in [0.1, 0.15) is 11.6 Å². The molecule has 0 saturated carbocycles. The van der Waals surface area contributed by atoms with Crippen LogP contribution < -0.4 is 20.5 Å². The lowest BCUT2D eigenvalue weighted by Crippen LogP contribution is -2.44. The highest BCUT2D eigenvalue weighted by atomic mass is 16.5. The van der Waals surface area contributed by atoms with E-state index in [-0.39, 0.29) is 24.1 Å². The molecule has 1 unspecified atom stereocenters. The molecule has 1 amide bonds. The number of rotatable bonds is 8. The topological polar surface area (TPSA) is 90.6 Å². The van der Waals surface area contributed by atoms with Gasteiger partial charge in [-0.2, -0.15) is 0 Å². The van der Waals surface area contributed by atoms with Crippen molar-refractivity contribution in [1.82, 2.24) is 20.2 Å². The summed E-state index contributed by atoms with van der Waals surface area (Å²) in [6.45, 7) is 13.8. The first kappa shape index (κ1) is 27.4. The van der Waals surface area contributed by atoms with Crippen LogP contribution >= 0.6 is 0 Å². The summed E-state index contributed by atoms with van der Waals surface area (Å²) in [5.41, 5.74) is 5.08. The molecule has 38 heavy (non-hydrogen) atoms. The number of carbonyl (C=O) groups excluding carboxylic acids is 1. The van der Waals surface area contributed by atoms with Gasteiger partial charge in [0, 0.05) is 66.9 Å². The van der Waals surface area contributed by atoms with Crippen LogP contribution in [0.5, 0.6) is 5.75 Å². The number of amides is 1. The second kappa shape index (κ2) is 11.8. The highest BCUT2D eigenvalue weighted by molar-refractivity contribution is 5.97. The molecule has 1 aliphatic heterocycles. The molecule has 0 radical (unpaired) electrons. The number of hydrogen-bond donors (Lipinski definition) is 2. The minimum atomic E-state index is -0.250. The summed E-state index contributed by atoms with van der Waals surface area (Å²) in [5, 5.41) is 2.95. The van der Waals surface area contributed by atoms with Crippen molar-refractivity contribution in [1.29, 1.82) is 0 Å². The van der Waals surface area contributed by atoms with E-state index in [2.05, 4.69) is 40.1 Å². The maximum absolute atomic E-state index is 13.4. The van der Waals surface area contributed by atoms with Crippen molar-refractivity contribution in [2.45, 2.75) is 53.7 Å². The number of nitrogens with one attached hydrogen (secondary N) is 2. The molecule has 3 heterocycles. The molecule has 8 heteroatoms. The number of aromatic nitrogens is 2. The summed E-state index contributed by atoms with van der Waals surface area (Å²) in [6, 6.07) is 9.87. The van der Waals surface area contributed by atoms with Crippen LogP contribution in [0.4, 0.5) is 5.82 Å². The van der Waals surface area contributed by atoms with Gasteiger partial charge in [-0.25, -0.2) is 4.98 Å². The molecule has 4 rings (SSSR count). The van der Waals surface area contributed by atoms with Gasteiger partial charge in [-0.15, -0.1) is 0 Å². The molecular formula is C30H39N5O3. The molecular weight excluding hydrogens is 478 g/mol. The zero-order chi connectivity index (χ0) is 27.4. The Balaban J connectivity index is 1.62. The minimum Gasteiger partial charge on any atom is -0.490 e. The lowest BCUT2D eigenvalue weighted by molar-refractivity contribution is 0.0949. The number of carbonyl (C=O) groups is 1. The van der Waals surface area contributed by atoms with Gasteiger partial charge in [0.2, 0.25) is 0 Å². The second-order valence-corrected chi connectivity index (χ2v) is 10.3. The molecule has 1 atom stereocenters. The number of hydrogen-bond acceptors (Lipinski definition) is 6. The summed E-state index contributed by atoms with van der Waals surface area (Å²) in [4.78, 5) is 38.0. The van der Waals surface area contributed by atoms with Crippen LogP contribution in [0.2, 0.25) is 0 Å². The fraction of sp³-hybridized carbons (Fsp3) is 0.433. The quantitative estimate of drug-likeness (QED) is 0.465. The van der Waals surface area contributed by atoms with Crippen LogP contribution in [0.1, 0.15) is 53.0 Å². The normalized spacial score (nSPS) is 14.8. The third-order valence-electron chi connectivity index (χ3n) is 7.34. The first-order valence-electron chi connectivity index (χ1n) is 13.3. The predicted octanol–water partition coefficient (Wildman–Crippen LogP) is 4.22. The molecule has 0 spiro atoms. The first-order valence-corrected chi connectivity index (χ1v) is 13.3. The van der Waals surface area contributed by atoms with Crippen LogP contribution in [0.3, 0.4) is 0 Å². The van der Waals surface area contributed by atoms with Crippen LogP contribution in [-0.2, 0) is 6.54 Å². The van der Waals surface area contributed by atoms with E-state index >= 15 is 0 Å². The number of ether oxygens (including phenoxy) is 1. The molecule has 0 bridgehead atoms. The molecule has 1 saturated heterocycles. The predicted molar refractivity (Wildman–Crippen MR) is 152 cm³/mol. The van der Waals surface area contributed by atoms with Crippen molar-refractivity contribution in [2.75, 3.05) is 38.1 Å². The zero-order valence-corrected chi connectivity index (χ0v) is 23.4. The van der Waals surface area contributed by atoms with Crippen molar-refractivity contribution >= 4 is 11.7 Å². The number of benzene rings is 1. The number of nitrogens with zero attached hydrogens (tertiary/aromatic N) is 3. The third-order valence-corrected chi connectivity index (χ3v) is 7.34. The highest BCUT2D eigenvalue weighted by Crippen LogP contribution is 2.32. The van der Waals surface area contributed by atoms with Gasteiger partial charge in [0.05, 0.1) is 6.10 Å². The van der Waals surface area contributed by atoms with E-state index in [9.17, 15) is 9.59 Å². The largest absolute Gasteiger partial charge is 0.490 e. The first-order chi connectivity index (χ1) is 18.2. The number of likely N-dealkylation sites (N-methyl/N-ethyl adjacent to an activating group) is 1. The lowest BCUT2D eigenvalue weighted by atomic mass is 9.98. The molecule has 1 aromatic carbocycles. The minimum absolute atomic E-state index is 0.00589. The van der Waals surface area contributed by atoms with Crippen molar-refractivity contribution in [3.63, 3.8) is 0 Å². The third kappa shape index (κ3) is 6.25. The summed E-state index contributed by atoms with van der Waals surface area (Å²) in [6.07, 6.45) is 2.72. The number of H-pyrrole nitrogens is 1. The average Bonchev–Trinajstić information content (AvgIpc) is 2.89. The average molecular weight is 518 g/mol. The Kier molecular flexibility index (Phi) is 8.52. The molecule has 2 aromatic heterocycles. The Hall–Kier alpha value is -3.65. The summed E-state index contributed by atoms with van der Waals surface area (Å²) >= 11 is 0. The van der Waals surface area contributed by atoms with Crippen molar-refractivity contribution in [2.24, 2.45) is 0 Å². The lowest BCUT2D eigenvalue weighted by Gasteiger charge is -2.33. The van der Waals surface area contributed by atoms with Crippen LogP contribution in [0.25, 0.3) is 11.1 Å². The van der Waals surface area contributed by atoms with Crippen LogP contribution in [0.15, 0.2) is 41.3 Å². The molecule has 2 N–H and O–H groups in total. The van der Waals surface area contributed by atoms with Gasteiger partial charge < -0.3 is 24.8 Å². The summed E-state index contributed by atoms with van der Waals surface area (Å²) < 4.78 is 6.22. The van der Waals surface area contributed by atoms with Crippen molar-refractivity contribution in [3.05, 3.63) is 74.8 Å². The van der Waals surface area contributed by atoms with E-state index in [1.54, 1.807) is 0 Å². The number of aromatic amines is 1. The van der Waals surface area contributed by atoms with Gasteiger partial charge in [-0.05, 0) is 82.6 Å². The Labute approximate surface area is 225 Å².